The molecule has 1 aromatic carbocycles. The van der Waals surface area contributed by atoms with Crippen molar-refractivity contribution in [3.63, 3.8) is 0 Å². The highest BCUT2D eigenvalue weighted by molar-refractivity contribution is 7.89. The third-order valence-electron chi connectivity index (χ3n) is 3.60. The summed E-state index contributed by atoms with van der Waals surface area (Å²) in [6.07, 6.45) is 0.425. The molecule has 0 fully saturated rings. The number of aryl methyl sites for hydroxylation is 1. The van der Waals surface area contributed by atoms with Crippen LogP contribution in [0.1, 0.15) is 25.8 Å². The number of anilines is 1. The van der Waals surface area contributed by atoms with Crippen molar-refractivity contribution in [2.45, 2.75) is 32.1 Å². The van der Waals surface area contributed by atoms with E-state index >= 15 is 0 Å². The van der Waals surface area contributed by atoms with Gasteiger partial charge in [0, 0.05) is 26.3 Å². The average molecular weight is 342 g/mol. The highest BCUT2D eigenvalue weighted by atomic mass is 32.2. The lowest BCUT2D eigenvalue weighted by Crippen LogP contribution is -2.33. The van der Waals surface area contributed by atoms with Crippen LogP contribution < -0.4 is 9.62 Å². The van der Waals surface area contributed by atoms with Crippen molar-refractivity contribution in [1.82, 2.24) is 4.72 Å². The van der Waals surface area contributed by atoms with Gasteiger partial charge in [0.15, 0.2) is 0 Å². The van der Waals surface area contributed by atoms with E-state index in [0.717, 1.165) is 11.3 Å². The van der Waals surface area contributed by atoms with Gasteiger partial charge in [0.2, 0.25) is 10.0 Å². The maximum Gasteiger partial charge on any atom is 0.307 e. The summed E-state index contributed by atoms with van der Waals surface area (Å²) in [6.45, 7) is 5.62. The number of hydrogen-bond donors (Lipinski definition) is 2. The molecule has 0 spiro atoms. The van der Waals surface area contributed by atoms with Crippen molar-refractivity contribution >= 4 is 21.7 Å². The quantitative estimate of drug-likeness (QED) is 0.755. The summed E-state index contributed by atoms with van der Waals surface area (Å²) in [5.74, 6) is -1.54. The summed E-state index contributed by atoms with van der Waals surface area (Å²) < 4.78 is 27.2. The van der Waals surface area contributed by atoms with Gasteiger partial charge in [0.25, 0.3) is 0 Å². The Bertz CT molecular complexity index is 654. The number of carboxylic acid groups (broad SMARTS) is 1. The Morgan fingerprint density at radius 3 is 2.39 bits per heavy atom. The van der Waals surface area contributed by atoms with Crippen LogP contribution in [0.2, 0.25) is 0 Å². The first-order valence-corrected chi connectivity index (χ1v) is 9.03. The Morgan fingerprint density at radius 2 is 1.91 bits per heavy atom. The Morgan fingerprint density at radius 1 is 1.30 bits per heavy atom. The molecule has 1 unspecified atom stereocenters. The normalized spacial score (nSPS) is 13.1. The van der Waals surface area contributed by atoms with Crippen LogP contribution in [0, 0.1) is 18.8 Å². The van der Waals surface area contributed by atoms with Gasteiger partial charge in [-0.15, -0.1) is 0 Å². The molecule has 1 atom stereocenters. The number of nitrogens with zero attached hydrogens (tertiary/aromatic N) is 1. The smallest absolute Gasteiger partial charge is 0.307 e. The number of hydrogen-bond acceptors (Lipinski definition) is 4. The second-order valence-corrected chi connectivity index (χ2v) is 8.13. The minimum absolute atomic E-state index is 0.110. The van der Waals surface area contributed by atoms with E-state index in [1.165, 1.54) is 6.07 Å². The zero-order valence-corrected chi connectivity index (χ0v) is 15.1. The van der Waals surface area contributed by atoms with Crippen LogP contribution in [0.15, 0.2) is 23.1 Å². The highest BCUT2D eigenvalue weighted by Crippen LogP contribution is 2.22. The van der Waals surface area contributed by atoms with Crippen molar-refractivity contribution < 1.29 is 18.3 Å². The molecular formula is C16H26N2O4S. The summed E-state index contributed by atoms with van der Waals surface area (Å²) in [6, 6.07) is 4.87. The van der Waals surface area contributed by atoms with Gasteiger partial charge in [-0.2, -0.15) is 0 Å². The molecule has 7 heteroatoms. The molecule has 0 aliphatic heterocycles. The largest absolute Gasteiger partial charge is 0.481 e. The second kappa shape index (κ2) is 7.79. The molecule has 0 radical (unpaired) electrons. The van der Waals surface area contributed by atoms with Gasteiger partial charge in [-0.25, -0.2) is 13.1 Å². The number of nitrogens with one attached hydrogen (secondary N) is 1. The summed E-state index contributed by atoms with van der Waals surface area (Å²) in [7, 11) is -0.0524. The van der Waals surface area contributed by atoms with Crippen LogP contribution in [0.4, 0.5) is 5.69 Å². The number of sulfonamides is 1. The SMILES string of the molecule is Cc1ccc(S(=O)(=O)NCC(CC(C)C)C(=O)O)cc1N(C)C. The fraction of sp³-hybridized carbons (Fsp3) is 0.562. The van der Waals surface area contributed by atoms with Crippen molar-refractivity contribution in [2.24, 2.45) is 11.8 Å². The molecule has 2 N–H and O–H groups in total. The molecule has 23 heavy (non-hydrogen) atoms. The zero-order chi connectivity index (χ0) is 17.8. The van der Waals surface area contributed by atoms with E-state index in [-0.39, 0.29) is 17.4 Å². The zero-order valence-electron chi connectivity index (χ0n) is 14.3. The summed E-state index contributed by atoms with van der Waals surface area (Å²) in [5.41, 5.74) is 1.78. The lowest BCUT2D eigenvalue weighted by atomic mass is 9.98. The van der Waals surface area contributed by atoms with E-state index in [1.54, 1.807) is 12.1 Å². The molecule has 0 saturated carbocycles. The van der Waals surface area contributed by atoms with Gasteiger partial charge in [0.1, 0.15) is 0 Å². The van der Waals surface area contributed by atoms with Crippen LogP contribution in [-0.2, 0) is 14.8 Å². The summed E-state index contributed by atoms with van der Waals surface area (Å²) >= 11 is 0. The molecule has 0 aliphatic rings. The number of rotatable bonds is 8. The van der Waals surface area contributed by atoms with Gasteiger partial charge in [-0.3, -0.25) is 4.79 Å². The van der Waals surface area contributed by atoms with Gasteiger partial charge >= 0.3 is 5.97 Å². The Labute approximate surface area is 138 Å². The number of carboxylic acids is 1. The molecule has 0 saturated heterocycles. The topological polar surface area (TPSA) is 86.7 Å². The first-order chi connectivity index (χ1) is 10.5. The molecule has 0 aromatic heterocycles. The minimum atomic E-state index is -3.74. The summed E-state index contributed by atoms with van der Waals surface area (Å²) in [4.78, 5) is 13.2. The van der Waals surface area contributed by atoms with E-state index in [9.17, 15) is 18.3 Å². The molecule has 6 nitrogen and oxygen atoms in total. The Hall–Kier alpha value is -1.60. The summed E-state index contributed by atoms with van der Waals surface area (Å²) in [5, 5.41) is 9.20. The van der Waals surface area contributed by atoms with E-state index in [0.29, 0.717) is 6.42 Å². The van der Waals surface area contributed by atoms with Crippen molar-refractivity contribution in [3.05, 3.63) is 23.8 Å². The molecule has 1 rings (SSSR count). The number of benzene rings is 1. The molecule has 130 valence electrons. The van der Waals surface area contributed by atoms with Gasteiger partial charge in [-0.1, -0.05) is 19.9 Å². The molecule has 0 amide bonds. The lowest BCUT2D eigenvalue weighted by Gasteiger charge is -2.18. The molecule has 0 bridgehead atoms. The maximum absolute atomic E-state index is 12.4. The predicted octanol–water partition coefficient (Wildman–Crippen LogP) is 2.09. The van der Waals surface area contributed by atoms with E-state index in [4.69, 9.17) is 0 Å². The predicted molar refractivity (Wildman–Crippen MR) is 91.3 cm³/mol. The molecular weight excluding hydrogens is 316 g/mol. The minimum Gasteiger partial charge on any atom is -0.481 e. The molecule has 1 aromatic rings. The maximum atomic E-state index is 12.4. The van der Waals surface area contributed by atoms with E-state index in [1.807, 2.05) is 39.8 Å². The number of carbonyl (C=O) groups is 1. The Kier molecular flexibility index (Phi) is 6.58. The standard InChI is InChI=1S/C16H26N2O4S/c1-11(2)8-13(16(19)20)10-17-23(21,22)14-7-6-12(3)15(9-14)18(4)5/h6-7,9,11,13,17H,8,10H2,1-5H3,(H,19,20). The van der Waals surface area contributed by atoms with Crippen molar-refractivity contribution in [2.75, 3.05) is 25.5 Å². The van der Waals surface area contributed by atoms with Crippen molar-refractivity contribution in [1.29, 1.82) is 0 Å². The highest BCUT2D eigenvalue weighted by Gasteiger charge is 2.23. The van der Waals surface area contributed by atoms with Crippen LogP contribution in [0.3, 0.4) is 0 Å². The van der Waals surface area contributed by atoms with Gasteiger partial charge in [-0.05, 0) is 37.0 Å². The van der Waals surface area contributed by atoms with E-state index < -0.39 is 21.9 Å². The van der Waals surface area contributed by atoms with E-state index in [2.05, 4.69) is 4.72 Å². The third-order valence-corrected chi connectivity index (χ3v) is 5.02. The molecule has 0 aliphatic carbocycles. The molecule has 0 heterocycles. The van der Waals surface area contributed by atoms with Crippen molar-refractivity contribution in [3.8, 4) is 0 Å². The lowest BCUT2D eigenvalue weighted by molar-refractivity contribution is -0.142. The monoisotopic (exact) mass is 342 g/mol. The van der Waals surface area contributed by atoms with Gasteiger partial charge in [0.05, 0.1) is 10.8 Å². The van der Waals surface area contributed by atoms with Gasteiger partial charge < -0.3 is 10.0 Å². The van der Waals surface area contributed by atoms with Crippen LogP contribution >= 0.6 is 0 Å². The van der Waals surface area contributed by atoms with Crippen LogP contribution in [0.25, 0.3) is 0 Å². The van der Waals surface area contributed by atoms with Crippen LogP contribution in [0.5, 0.6) is 0 Å². The average Bonchev–Trinajstić information content (AvgIpc) is 2.42. The third kappa shape index (κ3) is 5.51. The van der Waals surface area contributed by atoms with Crippen LogP contribution in [-0.4, -0.2) is 40.1 Å². The first kappa shape index (κ1) is 19.4. The second-order valence-electron chi connectivity index (χ2n) is 6.36. The fourth-order valence-electron chi connectivity index (χ4n) is 2.37. The fourth-order valence-corrected chi connectivity index (χ4v) is 3.47. The Balaban J connectivity index is 2.95. The number of aliphatic carboxylic acids is 1. The first-order valence-electron chi connectivity index (χ1n) is 7.55.